The molecule has 2 atom stereocenters. The Morgan fingerprint density at radius 2 is 2.14 bits per heavy atom. The number of amides is 1. The van der Waals surface area contributed by atoms with Crippen molar-refractivity contribution in [2.45, 2.75) is 50.2 Å². The van der Waals surface area contributed by atoms with Crippen molar-refractivity contribution in [3.8, 4) is 0 Å². The SMILES string of the molecule is CCOC(=O)c1c(NC(=O)C(C)Sc2ccccc2Cl)sc2c1CCC(C)C2. The quantitative estimate of drug-likeness (QED) is 0.456. The summed E-state index contributed by atoms with van der Waals surface area (Å²) in [5.74, 6) is 0.0813. The Balaban J connectivity index is 1.81. The number of anilines is 1. The lowest BCUT2D eigenvalue weighted by molar-refractivity contribution is -0.115. The first-order valence-electron chi connectivity index (χ1n) is 9.44. The maximum absolute atomic E-state index is 12.8. The highest BCUT2D eigenvalue weighted by Gasteiger charge is 2.30. The molecule has 150 valence electrons. The van der Waals surface area contributed by atoms with Crippen molar-refractivity contribution in [1.29, 1.82) is 0 Å². The third-order valence-corrected chi connectivity index (χ3v) is 7.53. The van der Waals surface area contributed by atoms with Gasteiger partial charge in [-0.05, 0) is 56.7 Å². The van der Waals surface area contributed by atoms with E-state index >= 15 is 0 Å². The molecule has 0 aliphatic heterocycles. The number of benzene rings is 1. The number of ether oxygens (including phenoxy) is 1. The van der Waals surface area contributed by atoms with Crippen LogP contribution in [0.1, 0.15) is 48.0 Å². The highest BCUT2D eigenvalue weighted by atomic mass is 35.5. The van der Waals surface area contributed by atoms with Crippen LogP contribution in [0.15, 0.2) is 29.2 Å². The van der Waals surface area contributed by atoms with Crippen molar-refractivity contribution >= 4 is 51.6 Å². The zero-order chi connectivity index (χ0) is 20.3. The van der Waals surface area contributed by atoms with E-state index in [0.717, 1.165) is 29.7 Å². The fourth-order valence-corrected chi connectivity index (χ4v) is 5.81. The second kappa shape index (κ2) is 9.33. The molecule has 1 aromatic carbocycles. The van der Waals surface area contributed by atoms with Gasteiger partial charge in [-0.25, -0.2) is 4.79 Å². The van der Waals surface area contributed by atoms with Gasteiger partial charge in [0.25, 0.3) is 0 Å². The van der Waals surface area contributed by atoms with E-state index in [9.17, 15) is 9.59 Å². The Morgan fingerprint density at radius 1 is 1.39 bits per heavy atom. The number of fused-ring (bicyclic) bond motifs is 1. The molecule has 1 aliphatic rings. The maximum Gasteiger partial charge on any atom is 0.341 e. The minimum Gasteiger partial charge on any atom is -0.462 e. The fourth-order valence-electron chi connectivity index (χ4n) is 3.26. The predicted octanol–water partition coefficient (Wildman–Crippen LogP) is 5.82. The third-order valence-electron chi connectivity index (χ3n) is 4.74. The summed E-state index contributed by atoms with van der Waals surface area (Å²) >= 11 is 9.11. The lowest BCUT2D eigenvalue weighted by Gasteiger charge is -2.18. The Morgan fingerprint density at radius 3 is 2.86 bits per heavy atom. The van der Waals surface area contributed by atoms with Crippen molar-refractivity contribution in [1.82, 2.24) is 0 Å². The van der Waals surface area contributed by atoms with Gasteiger partial charge in [0.1, 0.15) is 5.00 Å². The van der Waals surface area contributed by atoms with Gasteiger partial charge < -0.3 is 10.1 Å². The molecule has 0 bridgehead atoms. The molecule has 0 fully saturated rings. The summed E-state index contributed by atoms with van der Waals surface area (Å²) < 4.78 is 5.27. The zero-order valence-electron chi connectivity index (χ0n) is 16.2. The number of esters is 1. The van der Waals surface area contributed by atoms with E-state index in [2.05, 4.69) is 12.2 Å². The van der Waals surface area contributed by atoms with Crippen LogP contribution in [0.2, 0.25) is 5.02 Å². The first-order chi connectivity index (χ1) is 13.4. The lowest BCUT2D eigenvalue weighted by Crippen LogP contribution is -2.23. The van der Waals surface area contributed by atoms with Crippen molar-refractivity contribution < 1.29 is 14.3 Å². The summed E-state index contributed by atoms with van der Waals surface area (Å²) in [7, 11) is 0. The summed E-state index contributed by atoms with van der Waals surface area (Å²) in [6, 6.07) is 7.46. The Kier molecular flexibility index (Phi) is 7.07. The summed E-state index contributed by atoms with van der Waals surface area (Å²) in [5, 5.41) is 3.85. The molecule has 4 nitrogen and oxygen atoms in total. The summed E-state index contributed by atoms with van der Waals surface area (Å²) in [5.41, 5.74) is 1.58. The van der Waals surface area contributed by atoms with Gasteiger partial charge in [0, 0.05) is 9.77 Å². The minimum absolute atomic E-state index is 0.151. The maximum atomic E-state index is 12.8. The number of rotatable bonds is 6. The van der Waals surface area contributed by atoms with Gasteiger partial charge in [-0.15, -0.1) is 23.1 Å². The van der Waals surface area contributed by atoms with Gasteiger partial charge in [0.2, 0.25) is 5.91 Å². The van der Waals surface area contributed by atoms with Crippen molar-refractivity contribution in [3.63, 3.8) is 0 Å². The molecular formula is C21H24ClNO3S2. The van der Waals surface area contributed by atoms with Gasteiger partial charge in [-0.1, -0.05) is 30.7 Å². The monoisotopic (exact) mass is 437 g/mol. The second-order valence-electron chi connectivity index (χ2n) is 6.96. The largest absolute Gasteiger partial charge is 0.462 e. The number of halogens is 1. The van der Waals surface area contributed by atoms with Crippen molar-refractivity contribution in [3.05, 3.63) is 45.3 Å². The van der Waals surface area contributed by atoms with Crippen molar-refractivity contribution in [2.24, 2.45) is 5.92 Å². The summed E-state index contributed by atoms with van der Waals surface area (Å²) in [6.45, 7) is 6.15. The lowest BCUT2D eigenvalue weighted by atomic mass is 9.88. The van der Waals surface area contributed by atoms with Crippen LogP contribution in [0.4, 0.5) is 5.00 Å². The number of hydrogen-bond acceptors (Lipinski definition) is 5. The van der Waals surface area contributed by atoms with Crippen LogP contribution in [0.25, 0.3) is 0 Å². The highest BCUT2D eigenvalue weighted by molar-refractivity contribution is 8.00. The van der Waals surface area contributed by atoms with E-state index in [0.29, 0.717) is 28.1 Å². The molecule has 1 aliphatic carbocycles. The smallest absolute Gasteiger partial charge is 0.341 e. The van der Waals surface area contributed by atoms with E-state index in [1.807, 2.05) is 31.2 Å². The number of carbonyl (C=O) groups is 2. The van der Waals surface area contributed by atoms with Gasteiger partial charge >= 0.3 is 5.97 Å². The molecule has 28 heavy (non-hydrogen) atoms. The van der Waals surface area contributed by atoms with Gasteiger partial charge in [0.05, 0.1) is 22.4 Å². The van der Waals surface area contributed by atoms with E-state index in [1.165, 1.54) is 28.0 Å². The van der Waals surface area contributed by atoms with Crippen LogP contribution in [0.5, 0.6) is 0 Å². The first-order valence-corrected chi connectivity index (χ1v) is 11.5. The molecule has 0 radical (unpaired) electrons. The number of carbonyl (C=O) groups excluding carboxylic acids is 2. The number of nitrogens with one attached hydrogen (secondary N) is 1. The van der Waals surface area contributed by atoms with E-state index in [4.69, 9.17) is 16.3 Å². The molecule has 1 heterocycles. The molecule has 2 unspecified atom stereocenters. The number of hydrogen-bond donors (Lipinski definition) is 1. The number of thioether (sulfide) groups is 1. The molecule has 2 aromatic rings. The third kappa shape index (κ3) is 4.73. The highest BCUT2D eigenvalue weighted by Crippen LogP contribution is 2.40. The average molecular weight is 438 g/mol. The molecule has 0 saturated heterocycles. The molecule has 1 amide bonds. The Bertz CT molecular complexity index is 881. The first kappa shape index (κ1) is 21.2. The molecule has 7 heteroatoms. The van der Waals surface area contributed by atoms with Gasteiger partial charge in [0.15, 0.2) is 0 Å². The van der Waals surface area contributed by atoms with Crippen LogP contribution < -0.4 is 5.32 Å². The molecule has 0 saturated carbocycles. The summed E-state index contributed by atoms with van der Waals surface area (Å²) in [4.78, 5) is 27.4. The Labute approximate surface area is 179 Å². The second-order valence-corrected chi connectivity index (χ2v) is 9.85. The van der Waals surface area contributed by atoms with Crippen LogP contribution in [0.3, 0.4) is 0 Å². The summed E-state index contributed by atoms with van der Waals surface area (Å²) in [6.07, 6.45) is 2.83. The molecular weight excluding hydrogens is 414 g/mol. The van der Waals surface area contributed by atoms with Gasteiger partial charge in [-0.3, -0.25) is 4.79 Å². The fraction of sp³-hybridized carbons (Fsp3) is 0.429. The van der Waals surface area contributed by atoms with Crippen LogP contribution in [-0.2, 0) is 22.4 Å². The normalized spacial score (nSPS) is 16.9. The van der Waals surface area contributed by atoms with E-state index in [-0.39, 0.29) is 17.1 Å². The van der Waals surface area contributed by atoms with Crippen molar-refractivity contribution in [2.75, 3.05) is 11.9 Å². The molecule has 3 rings (SSSR count). The molecule has 1 N–H and O–H groups in total. The van der Waals surface area contributed by atoms with Gasteiger partial charge in [-0.2, -0.15) is 0 Å². The Hall–Kier alpha value is -1.50. The van der Waals surface area contributed by atoms with E-state index < -0.39 is 0 Å². The number of thiophene rings is 1. The zero-order valence-corrected chi connectivity index (χ0v) is 18.6. The molecule has 0 spiro atoms. The standard InChI is InChI=1S/C21H24ClNO3S2/c1-4-26-21(25)18-14-10-9-12(2)11-17(14)28-20(18)23-19(24)13(3)27-16-8-6-5-7-15(16)22/h5-8,12-13H,4,9-11H2,1-3H3,(H,23,24). The van der Waals surface area contributed by atoms with Crippen LogP contribution in [0, 0.1) is 5.92 Å². The van der Waals surface area contributed by atoms with Crippen LogP contribution in [-0.4, -0.2) is 23.7 Å². The topological polar surface area (TPSA) is 55.4 Å². The van der Waals surface area contributed by atoms with Crippen LogP contribution >= 0.6 is 34.7 Å². The molecule has 1 aromatic heterocycles. The average Bonchev–Trinajstić information content (AvgIpc) is 3.00. The predicted molar refractivity (Wildman–Crippen MR) is 117 cm³/mol. The van der Waals surface area contributed by atoms with E-state index in [1.54, 1.807) is 6.92 Å². The minimum atomic E-state index is -0.354.